The van der Waals surface area contributed by atoms with Crippen LogP contribution in [0.15, 0.2) is 48.7 Å². The summed E-state index contributed by atoms with van der Waals surface area (Å²) in [5.41, 5.74) is 3.70. The summed E-state index contributed by atoms with van der Waals surface area (Å²) in [5.74, 6) is 0.243. The van der Waals surface area contributed by atoms with Gasteiger partial charge in [0.05, 0.1) is 11.8 Å². The molecule has 28 heavy (non-hydrogen) atoms. The molecule has 0 radical (unpaired) electrons. The summed E-state index contributed by atoms with van der Waals surface area (Å²) in [7, 11) is 0. The average Bonchev–Trinajstić information content (AvgIpc) is 3.25. The zero-order valence-electron chi connectivity index (χ0n) is 16.4. The SMILES string of the molecule is O=C(CCN(Cc1ccccn1)C[C@@H]1CCCO1)N1CCc2ccccc2C1. The molecular formula is C23H29N3O2. The first-order chi connectivity index (χ1) is 13.8. The molecule has 0 unspecified atom stereocenters. The molecular weight excluding hydrogens is 350 g/mol. The molecule has 4 rings (SSSR count). The highest BCUT2D eigenvalue weighted by molar-refractivity contribution is 5.76. The van der Waals surface area contributed by atoms with Crippen molar-refractivity contribution in [2.45, 2.75) is 44.9 Å². The van der Waals surface area contributed by atoms with Crippen molar-refractivity contribution in [3.05, 3.63) is 65.5 Å². The number of amides is 1. The predicted octanol–water partition coefficient (Wildman–Crippen LogP) is 3.04. The molecule has 1 fully saturated rings. The van der Waals surface area contributed by atoms with Gasteiger partial charge in [0.25, 0.3) is 0 Å². The summed E-state index contributed by atoms with van der Waals surface area (Å²) in [4.78, 5) is 21.6. The van der Waals surface area contributed by atoms with Gasteiger partial charge in [-0.1, -0.05) is 30.3 Å². The van der Waals surface area contributed by atoms with E-state index in [9.17, 15) is 4.79 Å². The smallest absolute Gasteiger partial charge is 0.224 e. The van der Waals surface area contributed by atoms with Gasteiger partial charge in [-0.25, -0.2) is 0 Å². The first-order valence-corrected chi connectivity index (χ1v) is 10.4. The van der Waals surface area contributed by atoms with Crippen LogP contribution in [0.2, 0.25) is 0 Å². The second-order valence-electron chi connectivity index (χ2n) is 7.78. The third-order valence-electron chi connectivity index (χ3n) is 5.72. The Morgan fingerprint density at radius 2 is 2.04 bits per heavy atom. The Kier molecular flexibility index (Phi) is 6.34. The molecule has 0 bridgehead atoms. The van der Waals surface area contributed by atoms with Crippen LogP contribution in [-0.2, 0) is 29.0 Å². The molecule has 5 nitrogen and oxygen atoms in total. The number of ether oxygens (including phenoxy) is 1. The zero-order valence-corrected chi connectivity index (χ0v) is 16.4. The molecule has 1 atom stereocenters. The van der Waals surface area contributed by atoms with Gasteiger partial charge in [0.2, 0.25) is 5.91 Å². The summed E-state index contributed by atoms with van der Waals surface area (Å²) in [5, 5.41) is 0. The van der Waals surface area contributed by atoms with E-state index in [0.29, 0.717) is 6.42 Å². The molecule has 2 aromatic rings. The molecule has 1 aromatic carbocycles. The van der Waals surface area contributed by atoms with Gasteiger partial charge in [-0.05, 0) is 42.5 Å². The third-order valence-corrected chi connectivity index (χ3v) is 5.72. The normalized spacial score (nSPS) is 19.0. The highest BCUT2D eigenvalue weighted by Crippen LogP contribution is 2.20. The van der Waals surface area contributed by atoms with Crippen LogP contribution < -0.4 is 0 Å². The predicted molar refractivity (Wildman–Crippen MR) is 109 cm³/mol. The maximum Gasteiger partial charge on any atom is 0.224 e. The number of benzene rings is 1. The van der Waals surface area contributed by atoms with Crippen LogP contribution in [0.4, 0.5) is 0 Å². The maximum atomic E-state index is 12.9. The van der Waals surface area contributed by atoms with Gasteiger partial charge in [0.1, 0.15) is 0 Å². The van der Waals surface area contributed by atoms with E-state index in [0.717, 1.165) is 64.3 Å². The Balaban J connectivity index is 1.34. The summed E-state index contributed by atoms with van der Waals surface area (Å²) in [6, 6.07) is 14.5. The van der Waals surface area contributed by atoms with Crippen LogP contribution in [0, 0.1) is 0 Å². The number of rotatable bonds is 7. The van der Waals surface area contributed by atoms with Crippen molar-refractivity contribution in [1.29, 1.82) is 0 Å². The van der Waals surface area contributed by atoms with E-state index in [1.165, 1.54) is 11.1 Å². The van der Waals surface area contributed by atoms with E-state index in [4.69, 9.17) is 4.74 Å². The second-order valence-corrected chi connectivity index (χ2v) is 7.78. The maximum absolute atomic E-state index is 12.9. The lowest BCUT2D eigenvalue weighted by Gasteiger charge is -2.30. The number of carbonyl (C=O) groups excluding carboxylic acids is 1. The lowest BCUT2D eigenvalue weighted by molar-refractivity contribution is -0.132. The summed E-state index contributed by atoms with van der Waals surface area (Å²) in [6.45, 7) is 4.79. The number of aromatic nitrogens is 1. The standard InChI is InChI=1S/C23H29N3O2/c27-23(26-14-10-19-6-1-2-7-20(19)16-26)11-13-25(18-22-9-5-15-28-22)17-21-8-3-4-12-24-21/h1-4,6-8,12,22H,5,9-11,13-18H2/t22-/m0/s1. The van der Waals surface area contributed by atoms with Gasteiger partial charge in [0.15, 0.2) is 0 Å². The summed E-state index contributed by atoms with van der Waals surface area (Å²) in [6.07, 6.45) is 5.84. The molecule has 1 aromatic heterocycles. The second kappa shape index (κ2) is 9.30. The number of pyridine rings is 1. The topological polar surface area (TPSA) is 45.7 Å². The minimum atomic E-state index is 0.243. The molecule has 5 heteroatoms. The highest BCUT2D eigenvalue weighted by atomic mass is 16.5. The van der Waals surface area contributed by atoms with Crippen LogP contribution in [0.3, 0.4) is 0 Å². The molecule has 1 saturated heterocycles. The van der Waals surface area contributed by atoms with Crippen molar-refractivity contribution < 1.29 is 9.53 Å². The van der Waals surface area contributed by atoms with E-state index < -0.39 is 0 Å². The Bertz CT molecular complexity index is 774. The fourth-order valence-corrected chi connectivity index (χ4v) is 4.15. The van der Waals surface area contributed by atoms with Gasteiger partial charge < -0.3 is 9.64 Å². The minimum absolute atomic E-state index is 0.243. The summed E-state index contributed by atoms with van der Waals surface area (Å²) < 4.78 is 5.83. The lowest BCUT2D eigenvalue weighted by Crippen LogP contribution is -2.39. The molecule has 2 aliphatic rings. The lowest BCUT2D eigenvalue weighted by atomic mass is 10.00. The van der Waals surface area contributed by atoms with Crippen LogP contribution >= 0.6 is 0 Å². The van der Waals surface area contributed by atoms with Gasteiger partial charge in [-0.3, -0.25) is 14.7 Å². The monoisotopic (exact) mass is 379 g/mol. The Morgan fingerprint density at radius 1 is 1.18 bits per heavy atom. The van der Waals surface area contributed by atoms with E-state index in [1.807, 2.05) is 29.3 Å². The van der Waals surface area contributed by atoms with Crippen molar-refractivity contribution in [3.8, 4) is 0 Å². The number of hydrogen-bond donors (Lipinski definition) is 0. The first kappa shape index (κ1) is 19.1. The van der Waals surface area contributed by atoms with E-state index in [-0.39, 0.29) is 12.0 Å². The average molecular weight is 380 g/mol. The number of hydrogen-bond acceptors (Lipinski definition) is 4. The molecule has 0 N–H and O–H groups in total. The quantitative estimate of drug-likeness (QED) is 0.742. The molecule has 3 heterocycles. The fourth-order valence-electron chi connectivity index (χ4n) is 4.15. The van der Waals surface area contributed by atoms with Crippen LogP contribution in [-0.4, -0.2) is 53.0 Å². The van der Waals surface area contributed by atoms with Crippen LogP contribution in [0.5, 0.6) is 0 Å². The molecule has 2 aliphatic heterocycles. The van der Waals surface area contributed by atoms with Gasteiger partial charge in [0, 0.05) is 51.9 Å². The Morgan fingerprint density at radius 3 is 2.82 bits per heavy atom. The van der Waals surface area contributed by atoms with Crippen molar-refractivity contribution >= 4 is 5.91 Å². The largest absolute Gasteiger partial charge is 0.377 e. The Labute approximate surface area is 167 Å². The zero-order chi connectivity index (χ0) is 19.2. The molecule has 1 amide bonds. The van der Waals surface area contributed by atoms with Gasteiger partial charge >= 0.3 is 0 Å². The van der Waals surface area contributed by atoms with E-state index >= 15 is 0 Å². The van der Waals surface area contributed by atoms with E-state index in [2.05, 4.69) is 34.1 Å². The fraction of sp³-hybridized carbons (Fsp3) is 0.478. The summed E-state index contributed by atoms with van der Waals surface area (Å²) >= 11 is 0. The molecule has 0 spiro atoms. The number of nitrogens with zero attached hydrogens (tertiary/aromatic N) is 3. The highest BCUT2D eigenvalue weighted by Gasteiger charge is 2.23. The van der Waals surface area contributed by atoms with Crippen molar-refractivity contribution in [2.24, 2.45) is 0 Å². The molecule has 148 valence electrons. The van der Waals surface area contributed by atoms with Gasteiger partial charge in [-0.15, -0.1) is 0 Å². The third kappa shape index (κ3) is 4.97. The minimum Gasteiger partial charge on any atom is -0.377 e. The van der Waals surface area contributed by atoms with Crippen LogP contribution in [0.1, 0.15) is 36.1 Å². The van der Waals surface area contributed by atoms with Crippen molar-refractivity contribution in [2.75, 3.05) is 26.2 Å². The number of carbonyl (C=O) groups is 1. The van der Waals surface area contributed by atoms with Crippen molar-refractivity contribution in [1.82, 2.24) is 14.8 Å². The molecule has 0 saturated carbocycles. The van der Waals surface area contributed by atoms with Gasteiger partial charge in [-0.2, -0.15) is 0 Å². The van der Waals surface area contributed by atoms with Crippen LogP contribution in [0.25, 0.3) is 0 Å². The molecule has 0 aliphatic carbocycles. The number of fused-ring (bicyclic) bond motifs is 1. The van der Waals surface area contributed by atoms with E-state index in [1.54, 1.807) is 0 Å². The van der Waals surface area contributed by atoms with Crippen molar-refractivity contribution in [3.63, 3.8) is 0 Å². The first-order valence-electron chi connectivity index (χ1n) is 10.4. The Hall–Kier alpha value is -2.24.